The number of likely N-dealkylation sites (N-methyl/N-ethyl adjacent to an activating group) is 1. The van der Waals surface area contributed by atoms with E-state index in [2.05, 4.69) is 71.2 Å². The van der Waals surface area contributed by atoms with Crippen LogP contribution in [0.5, 0.6) is 0 Å². The second-order valence-corrected chi connectivity index (χ2v) is 7.10. The maximum Gasteiger partial charge on any atom is 0.0534 e. The van der Waals surface area contributed by atoms with E-state index in [1.54, 1.807) is 5.56 Å². The molecule has 1 saturated heterocycles. The number of rotatable bonds is 1. The topological polar surface area (TPSA) is 8.17 Å². The van der Waals surface area contributed by atoms with Crippen LogP contribution in [0.4, 0.5) is 0 Å². The average Bonchev–Trinajstić information content (AvgIpc) is 2.97. The molecule has 2 heteroatoms. The van der Waals surface area contributed by atoms with Gasteiger partial charge in [-0.15, -0.1) is 0 Å². The molecule has 1 aliphatic carbocycles. The van der Waals surface area contributed by atoms with Crippen molar-refractivity contribution in [3.05, 3.63) is 65.9 Å². The highest BCUT2D eigenvalue weighted by Gasteiger charge is 2.36. The number of fused-ring (bicyclic) bond motifs is 2. The van der Waals surface area contributed by atoms with Crippen molar-refractivity contribution >= 4 is 10.9 Å². The Morgan fingerprint density at radius 3 is 2.74 bits per heavy atom. The molecule has 23 heavy (non-hydrogen) atoms. The van der Waals surface area contributed by atoms with E-state index in [-0.39, 0.29) is 0 Å². The Bertz CT molecular complexity index is 862. The lowest BCUT2D eigenvalue weighted by Gasteiger charge is -2.42. The lowest BCUT2D eigenvalue weighted by molar-refractivity contribution is 0.157. The van der Waals surface area contributed by atoms with Gasteiger partial charge in [0.25, 0.3) is 0 Å². The van der Waals surface area contributed by atoms with Crippen molar-refractivity contribution in [1.82, 2.24) is 9.47 Å². The first kappa shape index (κ1) is 13.4. The zero-order chi connectivity index (χ0) is 15.4. The van der Waals surface area contributed by atoms with Crippen LogP contribution < -0.4 is 0 Å². The number of piperidine rings is 1. The predicted molar refractivity (Wildman–Crippen MR) is 95.4 cm³/mol. The Hall–Kier alpha value is -2.06. The minimum absolute atomic E-state index is 0.675. The van der Waals surface area contributed by atoms with Crippen LogP contribution in [0, 0.1) is 0 Å². The molecular formula is C21H22N2. The number of aromatic nitrogens is 1. The fourth-order valence-electron chi connectivity index (χ4n) is 4.78. The van der Waals surface area contributed by atoms with Gasteiger partial charge >= 0.3 is 0 Å². The molecule has 2 atom stereocenters. The molecule has 0 radical (unpaired) electrons. The molecule has 5 rings (SSSR count). The summed E-state index contributed by atoms with van der Waals surface area (Å²) < 4.78 is 2.38. The minimum atomic E-state index is 0.675. The van der Waals surface area contributed by atoms with Crippen LogP contribution in [0.2, 0.25) is 0 Å². The number of nitrogens with zero attached hydrogens (tertiary/aromatic N) is 2. The van der Waals surface area contributed by atoms with E-state index in [0.29, 0.717) is 12.0 Å². The van der Waals surface area contributed by atoms with Gasteiger partial charge in [-0.1, -0.05) is 30.3 Å². The monoisotopic (exact) mass is 302 g/mol. The van der Waals surface area contributed by atoms with E-state index in [4.69, 9.17) is 0 Å². The normalized spacial score (nSPS) is 23.9. The van der Waals surface area contributed by atoms with E-state index < -0.39 is 0 Å². The Balaban J connectivity index is 1.75. The van der Waals surface area contributed by atoms with Crippen LogP contribution in [0.3, 0.4) is 0 Å². The standard InChI is InChI=1S/C21H22N2/c1-22-12-6-10-17-18-9-5-11-19-21(18)15(13-20(17)22)14-23(19)16-7-3-2-4-8-16/h2-5,7-9,11,14,17,20H,6,10,12-13H2,1H3/t17-,20-/m1/s1. The lowest BCUT2D eigenvalue weighted by atomic mass is 9.75. The van der Waals surface area contributed by atoms with Gasteiger partial charge in [0, 0.05) is 29.2 Å². The number of para-hydroxylation sites is 1. The highest BCUT2D eigenvalue weighted by molar-refractivity contribution is 5.90. The molecule has 3 aromatic rings. The second-order valence-electron chi connectivity index (χ2n) is 7.10. The first-order valence-corrected chi connectivity index (χ1v) is 8.71. The number of hydrogen-bond donors (Lipinski definition) is 0. The summed E-state index contributed by atoms with van der Waals surface area (Å²) in [7, 11) is 2.30. The Morgan fingerprint density at radius 1 is 1.00 bits per heavy atom. The fraction of sp³-hybridized carbons (Fsp3) is 0.333. The van der Waals surface area contributed by atoms with Crippen molar-refractivity contribution in [2.45, 2.75) is 31.2 Å². The third-order valence-corrected chi connectivity index (χ3v) is 5.86. The van der Waals surface area contributed by atoms with E-state index in [1.807, 2.05) is 0 Å². The van der Waals surface area contributed by atoms with Crippen molar-refractivity contribution in [1.29, 1.82) is 0 Å². The first-order chi connectivity index (χ1) is 11.3. The van der Waals surface area contributed by atoms with Gasteiger partial charge in [0.05, 0.1) is 5.52 Å². The molecule has 1 aliphatic heterocycles. The van der Waals surface area contributed by atoms with Gasteiger partial charge in [0.2, 0.25) is 0 Å². The summed E-state index contributed by atoms with van der Waals surface area (Å²) in [6.07, 6.45) is 6.23. The molecule has 0 spiro atoms. The van der Waals surface area contributed by atoms with Crippen molar-refractivity contribution in [3.8, 4) is 5.69 Å². The minimum Gasteiger partial charge on any atom is -0.316 e. The van der Waals surface area contributed by atoms with Crippen LogP contribution in [-0.2, 0) is 6.42 Å². The quantitative estimate of drug-likeness (QED) is 0.648. The molecule has 2 heterocycles. The van der Waals surface area contributed by atoms with E-state index in [1.165, 1.54) is 48.0 Å². The fourth-order valence-corrected chi connectivity index (χ4v) is 4.78. The summed E-state index contributed by atoms with van der Waals surface area (Å²) in [6.45, 7) is 1.24. The van der Waals surface area contributed by atoms with Crippen LogP contribution in [0.15, 0.2) is 54.7 Å². The van der Waals surface area contributed by atoms with Gasteiger partial charge in [0.1, 0.15) is 0 Å². The molecule has 0 saturated carbocycles. The molecule has 2 aromatic carbocycles. The van der Waals surface area contributed by atoms with E-state index in [0.717, 1.165) is 0 Å². The van der Waals surface area contributed by atoms with Gasteiger partial charge in [-0.2, -0.15) is 0 Å². The molecular weight excluding hydrogens is 280 g/mol. The van der Waals surface area contributed by atoms with Gasteiger partial charge in [-0.3, -0.25) is 0 Å². The van der Waals surface area contributed by atoms with Crippen molar-refractivity contribution in [3.63, 3.8) is 0 Å². The van der Waals surface area contributed by atoms with Crippen molar-refractivity contribution < 1.29 is 0 Å². The van der Waals surface area contributed by atoms with Gasteiger partial charge < -0.3 is 9.47 Å². The smallest absolute Gasteiger partial charge is 0.0534 e. The van der Waals surface area contributed by atoms with E-state index >= 15 is 0 Å². The average molecular weight is 302 g/mol. The number of likely N-dealkylation sites (tertiary alicyclic amines) is 1. The molecule has 2 nitrogen and oxygen atoms in total. The Kier molecular flexibility index (Phi) is 2.89. The van der Waals surface area contributed by atoms with Gasteiger partial charge in [-0.25, -0.2) is 0 Å². The van der Waals surface area contributed by atoms with Gasteiger partial charge in [0.15, 0.2) is 0 Å². The van der Waals surface area contributed by atoms with E-state index in [9.17, 15) is 0 Å². The molecule has 0 bridgehead atoms. The molecule has 0 unspecified atom stereocenters. The number of hydrogen-bond acceptors (Lipinski definition) is 1. The predicted octanol–water partition coefficient (Wildman–Crippen LogP) is 4.36. The molecule has 2 aliphatic rings. The first-order valence-electron chi connectivity index (χ1n) is 8.71. The van der Waals surface area contributed by atoms with Crippen LogP contribution in [-0.4, -0.2) is 29.1 Å². The second kappa shape index (κ2) is 4.97. The summed E-state index contributed by atoms with van der Waals surface area (Å²) in [5, 5.41) is 1.52. The summed E-state index contributed by atoms with van der Waals surface area (Å²) in [6, 6.07) is 18.3. The van der Waals surface area contributed by atoms with Crippen LogP contribution in [0.25, 0.3) is 16.6 Å². The van der Waals surface area contributed by atoms with Crippen LogP contribution >= 0.6 is 0 Å². The largest absolute Gasteiger partial charge is 0.316 e. The molecule has 0 amide bonds. The van der Waals surface area contributed by atoms with Crippen LogP contribution in [0.1, 0.15) is 29.9 Å². The summed E-state index contributed by atoms with van der Waals surface area (Å²) in [5.74, 6) is 0.705. The molecule has 116 valence electrons. The highest BCUT2D eigenvalue weighted by Crippen LogP contribution is 2.44. The van der Waals surface area contributed by atoms with Crippen molar-refractivity contribution in [2.75, 3.05) is 13.6 Å². The molecule has 1 fully saturated rings. The number of benzene rings is 2. The zero-order valence-electron chi connectivity index (χ0n) is 13.6. The Morgan fingerprint density at radius 2 is 1.87 bits per heavy atom. The van der Waals surface area contributed by atoms with Crippen molar-refractivity contribution in [2.24, 2.45) is 0 Å². The summed E-state index contributed by atoms with van der Waals surface area (Å²) in [5.41, 5.74) is 5.74. The highest BCUT2D eigenvalue weighted by atomic mass is 15.1. The lowest BCUT2D eigenvalue weighted by Crippen LogP contribution is -2.44. The van der Waals surface area contributed by atoms with Gasteiger partial charge in [-0.05, 0) is 62.2 Å². The maximum atomic E-state index is 2.58. The third-order valence-electron chi connectivity index (χ3n) is 5.86. The molecule has 0 N–H and O–H groups in total. The Labute approximate surface area is 137 Å². The summed E-state index contributed by atoms with van der Waals surface area (Å²) in [4.78, 5) is 2.58. The summed E-state index contributed by atoms with van der Waals surface area (Å²) >= 11 is 0. The zero-order valence-corrected chi connectivity index (χ0v) is 13.6. The maximum absolute atomic E-state index is 2.58. The third kappa shape index (κ3) is 1.91. The molecule has 1 aromatic heterocycles. The SMILES string of the molecule is CN1CCC[C@@H]2c3cccc4c3c(cn4-c3ccccc3)C[C@H]21.